The molecule has 0 spiro atoms. The van der Waals surface area contributed by atoms with E-state index in [9.17, 15) is 23.6 Å². The third-order valence-corrected chi connectivity index (χ3v) is 7.86. The number of carbonyl (C=O) groups excluding carboxylic acids is 2. The molecule has 5 rings (SSSR count). The highest BCUT2D eigenvalue weighted by Crippen LogP contribution is 2.39. The molecule has 2 bridgehead atoms. The van der Waals surface area contributed by atoms with Gasteiger partial charge in [0, 0.05) is 23.2 Å². The monoisotopic (exact) mass is 609 g/mol. The number of methoxy groups -OCH3 is 1. The van der Waals surface area contributed by atoms with Gasteiger partial charge in [-0.1, -0.05) is 49.2 Å². The van der Waals surface area contributed by atoms with Crippen molar-refractivity contribution in [2.75, 3.05) is 17.7 Å². The van der Waals surface area contributed by atoms with Crippen molar-refractivity contribution in [3.63, 3.8) is 0 Å². The number of amides is 2. The van der Waals surface area contributed by atoms with Crippen LogP contribution < -0.4 is 15.4 Å². The molecule has 0 unspecified atom stereocenters. The van der Waals surface area contributed by atoms with Gasteiger partial charge in [0.25, 0.3) is 0 Å². The van der Waals surface area contributed by atoms with E-state index in [1.54, 1.807) is 25.1 Å². The topological polar surface area (TPSA) is 94.4 Å². The van der Waals surface area contributed by atoms with E-state index in [-0.39, 0.29) is 33.4 Å². The van der Waals surface area contributed by atoms with Crippen LogP contribution in [-0.2, 0) is 9.53 Å². The molecule has 2 amide bonds. The Labute approximate surface area is 250 Å². The number of hydrogen-bond donors (Lipinski definition) is 2. The van der Waals surface area contributed by atoms with E-state index in [1.165, 1.54) is 25.3 Å². The van der Waals surface area contributed by atoms with Crippen LogP contribution in [0.25, 0.3) is 22.3 Å². The summed E-state index contributed by atoms with van der Waals surface area (Å²) in [6.45, 7) is 1.75. The molecule has 1 aliphatic heterocycles. The van der Waals surface area contributed by atoms with Gasteiger partial charge in [-0.3, -0.25) is 10.1 Å². The largest absolute Gasteiger partial charge is 0.618 e. The van der Waals surface area contributed by atoms with Crippen LogP contribution in [0.1, 0.15) is 43.4 Å². The third-order valence-electron chi connectivity index (χ3n) is 7.57. The Kier molecular flexibility index (Phi) is 8.59. The maximum absolute atomic E-state index is 15.6. The minimum atomic E-state index is -0.967. The van der Waals surface area contributed by atoms with Gasteiger partial charge in [-0.25, -0.2) is 18.0 Å². The standard InChI is InChI=1S/C32H27ClF3N3O4/c1-17-5-3-8-22(27-12-9-20(16-39(27)42)29-24(34)11-10-23(33)30(29)36)18-6-4-7-19(13-18)28-25(35)14-21(37-32(41)43-2)15-26(28)38-31(17)40/h4,6-7,9-17,22H,3,5,8H2,1-2H3,(H,37,41)(H,38,40)/t17-,22+/m1/s1. The number of nitrogens with zero attached hydrogens (tertiary/aromatic N) is 1. The first-order valence-corrected chi connectivity index (χ1v) is 13.9. The molecule has 1 aromatic heterocycles. The van der Waals surface area contributed by atoms with Crippen LogP contribution in [0.5, 0.6) is 0 Å². The lowest BCUT2D eigenvalue weighted by atomic mass is 9.86. The van der Waals surface area contributed by atoms with Gasteiger partial charge in [0.2, 0.25) is 5.91 Å². The number of fused-ring (bicyclic) bond motifs is 4. The van der Waals surface area contributed by atoms with Crippen LogP contribution >= 0.6 is 11.6 Å². The SMILES string of the molecule is COC(=O)Nc1cc(F)c2c(c1)NC(=O)[C@H](C)CCC[C@H](c1ccc(-c3c(F)ccc(Cl)c3F)c[n+]1[O-])c1cccc-2c1. The van der Waals surface area contributed by atoms with E-state index in [0.717, 1.165) is 24.4 Å². The fourth-order valence-corrected chi connectivity index (χ4v) is 5.51. The summed E-state index contributed by atoms with van der Waals surface area (Å²) in [7, 11) is 1.18. The number of rotatable bonds is 3. The number of pyridine rings is 1. The summed E-state index contributed by atoms with van der Waals surface area (Å²) in [5.74, 6) is -3.80. The summed E-state index contributed by atoms with van der Waals surface area (Å²) in [5.41, 5.74) is 1.43. The van der Waals surface area contributed by atoms with E-state index in [1.807, 2.05) is 6.07 Å². The van der Waals surface area contributed by atoms with E-state index in [2.05, 4.69) is 15.4 Å². The Hall–Kier alpha value is -4.57. The Morgan fingerprint density at radius 3 is 2.56 bits per heavy atom. The fourth-order valence-electron chi connectivity index (χ4n) is 5.35. The van der Waals surface area contributed by atoms with Gasteiger partial charge in [0.05, 0.1) is 34.9 Å². The Bertz CT molecular complexity index is 1730. The first-order valence-electron chi connectivity index (χ1n) is 13.5. The molecule has 7 nitrogen and oxygen atoms in total. The minimum Gasteiger partial charge on any atom is -0.618 e. The van der Waals surface area contributed by atoms with Crippen molar-refractivity contribution in [2.24, 2.45) is 5.92 Å². The van der Waals surface area contributed by atoms with Crippen LogP contribution in [-0.4, -0.2) is 19.1 Å². The number of aromatic nitrogens is 1. The van der Waals surface area contributed by atoms with Crippen molar-refractivity contribution in [3.05, 3.63) is 106 Å². The zero-order chi connectivity index (χ0) is 30.8. The van der Waals surface area contributed by atoms with Crippen molar-refractivity contribution < 1.29 is 32.2 Å². The lowest BCUT2D eigenvalue weighted by molar-refractivity contribution is -0.614. The highest BCUT2D eigenvalue weighted by Gasteiger charge is 2.27. The number of hydrogen-bond acceptors (Lipinski definition) is 4. The quantitative estimate of drug-likeness (QED) is 0.141. The average molecular weight is 610 g/mol. The first-order chi connectivity index (χ1) is 20.6. The van der Waals surface area contributed by atoms with Gasteiger partial charge in [-0.15, -0.1) is 0 Å². The van der Waals surface area contributed by atoms with Gasteiger partial charge in [0.15, 0.2) is 17.7 Å². The second kappa shape index (κ2) is 12.3. The molecule has 0 aliphatic carbocycles. The van der Waals surface area contributed by atoms with E-state index < -0.39 is 40.9 Å². The summed E-state index contributed by atoms with van der Waals surface area (Å²) < 4.78 is 50.0. The summed E-state index contributed by atoms with van der Waals surface area (Å²) in [4.78, 5) is 24.9. The summed E-state index contributed by atoms with van der Waals surface area (Å²) >= 11 is 5.85. The molecule has 222 valence electrons. The number of anilines is 2. The van der Waals surface area contributed by atoms with Crippen LogP contribution in [0.15, 0.2) is 66.9 Å². The van der Waals surface area contributed by atoms with Crippen molar-refractivity contribution >= 4 is 35.0 Å². The van der Waals surface area contributed by atoms with Crippen molar-refractivity contribution in [3.8, 4) is 22.3 Å². The molecule has 3 aromatic carbocycles. The summed E-state index contributed by atoms with van der Waals surface area (Å²) in [5, 5.41) is 18.3. The molecule has 4 aromatic rings. The van der Waals surface area contributed by atoms with Gasteiger partial charge in [-0.2, -0.15) is 4.73 Å². The molecule has 2 atom stereocenters. The lowest BCUT2D eigenvalue weighted by Crippen LogP contribution is -2.34. The molecule has 1 aliphatic rings. The van der Waals surface area contributed by atoms with Crippen molar-refractivity contribution in [2.45, 2.75) is 32.1 Å². The lowest BCUT2D eigenvalue weighted by Gasteiger charge is -2.22. The van der Waals surface area contributed by atoms with Crippen molar-refractivity contribution in [1.29, 1.82) is 0 Å². The molecule has 0 fully saturated rings. The van der Waals surface area contributed by atoms with Gasteiger partial charge < -0.3 is 15.3 Å². The molecule has 0 saturated heterocycles. The number of carbonyl (C=O) groups is 2. The summed E-state index contributed by atoms with van der Waals surface area (Å²) in [6, 6.07) is 14.6. The second-order valence-corrected chi connectivity index (χ2v) is 10.8. The fraction of sp³-hybridized carbons (Fsp3) is 0.219. The predicted octanol–water partition coefficient (Wildman–Crippen LogP) is 7.79. The predicted molar refractivity (Wildman–Crippen MR) is 157 cm³/mol. The molecule has 11 heteroatoms. The minimum absolute atomic E-state index is 0.0239. The van der Waals surface area contributed by atoms with E-state index >= 15 is 4.39 Å². The van der Waals surface area contributed by atoms with Crippen LogP contribution in [0.4, 0.5) is 29.3 Å². The third kappa shape index (κ3) is 6.15. The molecule has 2 heterocycles. The number of ether oxygens (including phenoxy) is 1. The molecule has 0 saturated carbocycles. The van der Waals surface area contributed by atoms with Gasteiger partial charge >= 0.3 is 6.09 Å². The number of nitrogens with one attached hydrogen (secondary N) is 2. The average Bonchev–Trinajstić information content (AvgIpc) is 2.97. The van der Waals surface area contributed by atoms with E-state index in [4.69, 9.17) is 11.6 Å². The highest BCUT2D eigenvalue weighted by atomic mass is 35.5. The van der Waals surface area contributed by atoms with Gasteiger partial charge in [0.1, 0.15) is 11.6 Å². The first kappa shape index (κ1) is 29.9. The zero-order valence-corrected chi connectivity index (χ0v) is 24.0. The maximum atomic E-state index is 15.6. The number of benzene rings is 3. The van der Waals surface area contributed by atoms with Crippen LogP contribution in [0, 0.1) is 28.6 Å². The molecule has 2 N–H and O–H groups in total. The molecule has 43 heavy (non-hydrogen) atoms. The smallest absolute Gasteiger partial charge is 0.411 e. The van der Waals surface area contributed by atoms with Crippen LogP contribution in [0.3, 0.4) is 0 Å². The number of halogens is 4. The molecule has 0 radical (unpaired) electrons. The normalized spacial score (nSPS) is 16.7. The van der Waals surface area contributed by atoms with Crippen molar-refractivity contribution in [1.82, 2.24) is 0 Å². The van der Waals surface area contributed by atoms with Crippen LogP contribution in [0.2, 0.25) is 5.02 Å². The van der Waals surface area contributed by atoms with E-state index in [0.29, 0.717) is 40.8 Å². The Balaban J connectivity index is 1.62. The maximum Gasteiger partial charge on any atom is 0.411 e. The molecular formula is C32H27ClF3N3O4. The zero-order valence-electron chi connectivity index (χ0n) is 23.2. The van der Waals surface area contributed by atoms with Gasteiger partial charge in [-0.05, 0) is 54.3 Å². The Morgan fingerprint density at radius 2 is 1.81 bits per heavy atom. The Morgan fingerprint density at radius 1 is 1.02 bits per heavy atom. The molecular weight excluding hydrogens is 583 g/mol. The highest BCUT2D eigenvalue weighted by molar-refractivity contribution is 6.31. The summed E-state index contributed by atoms with van der Waals surface area (Å²) in [6.07, 6.45) is 1.81. The second-order valence-electron chi connectivity index (χ2n) is 10.4.